The van der Waals surface area contributed by atoms with Crippen LogP contribution in [0, 0.1) is 0 Å². The number of carbonyl (C=O) groups excluding carboxylic acids is 1. The third-order valence-electron chi connectivity index (χ3n) is 5.37. The Balaban J connectivity index is 1.59. The maximum absolute atomic E-state index is 12.6. The maximum atomic E-state index is 12.6. The number of likely N-dealkylation sites (tertiary alicyclic amines) is 1. The lowest BCUT2D eigenvalue weighted by Gasteiger charge is -2.34. The molecule has 0 unspecified atom stereocenters. The molecule has 3 rings (SSSR count). The van der Waals surface area contributed by atoms with Crippen LogP contribution in [0.1, 0.15) is 43.4 Å². The van der Waals surface area contributed by atoms with E-state index in [4.69, 9.17) is 0 Å². The van der Waals surface area contributed by atoms with Crippen molar-refractivity contribution in [3.8, 4) is 0 Å². The predicted octanol–water partition coefficient (Wildman–Crippen LogP) is 1.69. The normalized spacial score (nSPS) is 21.5. The molecule has 0 N–H and O–H groups in total. The highest BCUT2D eigenvalue weighted by Crippen LogP contribution is 2.25. The van der Waals surface area contributed by atoms with Crippen molar-refractivity contribution in [3.63, 3.8) is 0 Å². The van der Waals surface area contributed by atoms with Crippen molar-refractivity contribution in [2.24, 2.45) is 0 Å². The fraction of sp³-hybridized carbons (Fsp3) is 0.722. The molecule has 132 valence electrons. The second-order valence-corrected chi connectivity index (χ2v) is 7.25. The van der Waals surface area contributed by atoms with Crippen LogP contribution < -0.4 is 4.90 Å². The summed E-state index contributed by atoms with van der Waals surface area (Å²) in [4.78, 5) is 27.8. The number of hydrogen-bond donors (Lipinski definition) is 0. The number of anilines is 1. The lowest BCUT2D eigenvalue weighted by Crippen LogP contribution is -2.40. The monoisotopic (exact) mass is 331 g/mol. The molecule has 2 aliphatic heterocycles. The van der Waals surface area contributed by atoms with Gasteiger partial charge in [0.25, 0.3) is 0 Å². The Morgan fingerprint density at radius 3 is 2.88 bits per heavy atom. The van der Waals surface area contributed by atoms with Crippen LogP contribution in [-0.2, 0) is 17.8 Å². The molecule has 3 heterocycles. The van der Waals surface area contributed by atoms with E-state index in [2.05, 4.69) is 21.9 Å². The average Bonchev–Trinajstić information content (AvgIpc) is 2.59. The fourth-order valence-electron chi connectivity index (χ4n) is 3.89. The van der Waals surface area contributed by atoms with Crippen molar-refractivity contribution in [1.29, 1.82) is 0 Å². The summed E-state index contributed by atoms with van der Waals surface area (Å²) in [7, 11) is 6.19. The second-order valence-electron chi connectivity index (χ2n) is 7.25. The van der Waals surface area contributed by atoms with Crippen molar-refractivity contribution >= 4 is 11.7 Å². The van der Waals surface area contributed by atoms with Gasteiger partial charge in [-0.2, -0.15) is 0 Å². The summed E-state index contributed by atoms with van der Waals surface area (Å²) in [6.45, 7) is 2.57. The molecule has 2 aliphatic rings. The summed E-state index contributed by atoms with van der Waals surface area (Å²) in [5.41, 5.74) is 2.20. The van der Waals surface area contributed by atoms with Crippen LogP contribution in [0.5, 0.6) is 0 Å². The van der Waals surface area contributed by atoms with E-state index in [1.54, 1.807) is 6.33 Å². The molecule has 6 nitrogen and oxygen atoms in total. The van der Waals surface area contributed by atoms with Crippen molar-refractivity contribution in [3.05, 3.63) is 17.6 Å². The predicted molar refractivity (Wildman–Crippen MR) is 95.0 cm³/mol. The number of piperidine rings is 1. The fourth-order valence-corrected chi connectivity index (χ4v) is 3.89. The number of rotatable bonds is 4. The molecule has 0 bridgehead atoms. The molecular formula is C18H29N5O. The molecule has 0 aliphatic carbocycles. The Kier molecular flexibility index (Phi) is 5.33. The van der Waals surface area contributed by atoms with Gasteiger partial charge in [0.1, 0.15) is 12.1 Å². The Morgan fingerprint density at radius 2 is 2.12 bits per heavy atom. The topological polar surface area (TPSA) is 52.6 Å². The molecule has 0 spiro atoms. The minimum Gasteiger partial charge on any atom is -0.362 e. The molecule has 0 radical (unpaired) electrons. The van der Waals surface area contributed by atoms with E-state index in [0.717, 1.165) is 30.9 Å². The molecule has 1 aromatic heterocycles. The van der Waals surface area contributed by atoms with Gasteiger partial charge in [0.05, 0.1) is 12.2 Å². The molecule has 0 saturated carbocycles. The number of amides is 1. The number of nitrogens with zero attached hydrogens (tertiary/aromatic N) is 5. The van der Waals surface area contributed by atoms with Gasteiger partial charge in [0.15, 0.2) is 0 Å². The van der Waals surface area contributed by atoms with Crippen molar-refractivity contribution < 1.29 is 4.79 Å². The second kappa shape index (κ2) is 7.47. The molecule has 1 atom stereocenters. The zero-order valence-electron chi connectivity index (χ0n) is 15.2. The Morgan fingerprint density at radius 1 is 1.29 bits per heavy atom. The lowest BCUT2D eigenvalue weighted by atomic mass is 9.98. The summed E-state index contributed by atoms with van der Waals surface area (Å²) in [6.07, 6.45) is 7.90. The largest absolute Gasteiger partial charge is 0.362 e. The van der Waals surface area contributed by atoms with Crippen molar-refractivity contribution in [1.82, 2.24) is 19.8 Å². The zero-order valence-corrected chi connectivity index (χ0v) is 15.2. The summed E-state index contributed by atoms with van der Waals surface area (Å²) >= 11 is 0. The van der Waals surface area contributed by atoms with Gasteiger partial charge in [0, 0.05) is 38.7 Å². The van der Waals surface area contributed by atoms with Gasteiger partial charge in [-0.15, -0.1) is 0 Å². The molecule has 1 fully saturated rings. The van der Waals surface area contributed by atoms with Crippen LogP contribution in [0.3, 0.4) is 0 Å². The first-order valence-electron chi connectivity index (χ1n) is 9.04. The summed E-state index contributed by atoms with van der Waals surface area (Å²) in [5, 5.41) is 0. The van der Waals surface area contributed by atoms with Gasteiger partial charge in [-0.3, -0.25) is 4.79 Å². The summed E-state index contributed by atoms with van der Waals surface area (Å²) in [5.74, 6) is 1.25. The Bertz CT molecular complexity index is 589. The highest BCUT2D eigenvalue weighted by Gasteiger charge is 2.26. The summed E-state index contributed by atoms with van der Waals surface area (Å²) in [6, 6.07) is 0.572. The van der Waals surface area contributed by atoms with Crippen LogP contribution in [0.4, 0.5) is 5.82 Å². The van der Waals surface area contributed by atoms with Crippen molar-refractivity contribution in [2.45, 2.75) is 51.1 Å². The minimum absolute atomic E-state index is 0.268. The van der Waals surface area contributed by atoms with E-state index in [1.165, 1.54) is 31.4 Å². The van der Waals surface area contributed by atoms with Gasteiger partial charge in [-0.05, 0) is 39.3 Å². The van der Waals surface area contributed by atoms with E-state index in [9.17, 15) is 4.79 Å². The molecule has 1 saturated heterocycles. The maximum Gasteiger partial charge on any atom is 0.222 e. The molecule has 24 heavy (non-hydrogen) atoms. The van der Waals surface area contributed by atoms with Gasteiger partial charge < -0.3 is 14.7 Å². The molecule has 6 heteroatoms. The molecule has 1 aromatic rings. The van der Waals surface area contributed by atoms with Gasteiger partial charge >= 0.3 is 0 Å². The van der Waals surface area contributed by atoms with Gasteiger partial charge in [0.2, 0.25) is 5.91 Å². The SMILES string of the molecule is CN(C)c1ncnc2c1CCN(C(=O)CC[C@H]1CCCCN1C)C2. The number of carbonyl (C=O) groups is 1. The zero-order chi connectivity index (χ0) is 17.1. The minimum atomic E-state index is 0.268. The van der Waals surface area contributed by atoms with Gasteiger partial charge in [-0.25, -0.2) is 9.97 Å². The molecule has 0 aromatic carbocycles. The first kappa shape index (κ1) is 17.1. The first-order valence-corrected chi connectivity index (χ1v) is 9.04. The van der Waals surface area contributed by atoms with Crippen LogP contribution in [-0.4, -0.2) is 65.9 Å². The van der Waals surface area contributed by atoms with E-state index < -0.39 is 0 Å². The van der Waals surface area contributed by atoms with Crippen LogP contribution in [0.2, 0.25) is 0 Å². The number of fused-ring (bicyclic) bond motifs is 1. The molecular weight excluding hydrogens is 302 g/mol. The van der Waals surface area contributed by atoms with E-state index in [0.29, 0.717) is 19.0 Å². The van der Waals surface area contributed by atoms with Crippen LogP contribution in [0.15, 0.2) is 6.33 Å². The standard InChI is InChI=1S/C18H29N5O/c1-21(2)18-15-9-11-23(12-16(15)19-13-20-18)17(24)8-7-14-6-4-5-10-22(14)3/h13-14H,4-12H2,1-3H3/t14-/m1/s1. The highest BCUT2D eigenvalue weighted by atomic mass is 16.2. The third-order valence-corrected chi connectivity index (χ3v) is 5.37. The Hall–Kier alpha value is -1.69. The smallest absolute Gasteiger partial charge is 0.222 e. The summed E-state index contributed by atoms with van der Waals surface area (Å²) < 4.78 is 0. The van der Waals surface area contributed by atoms with Crippen LogP contribution >= 0.6 is 0 Å². The lowest BCUT2D eigenvalue weighted by molar-refractivity contribution is -0.132. The quantitative estimate of drug-likeness (QED) is 0.840. The number of hydrogen-bond acceptors (Lipinski definition) is 5. The highest BCUT2D eigenvalue weighted by molar-refractivity contribution is 5.76. The average molecular weight is 331 g/mol. The van der Waals surface area contributed by atoms with Crippen molar-refractivity contribution in [2.75, 3.05) is 39.1 Å². The van der Waals surface area contributed by atoms with E-state index in [-0.39, 0.29) is 5.91 Å². The van der Waals surface area contributed by atoms with Gasteiger partial charge in [-0.1, -0.05) is 6.42 Å². The van der Waals surface area contributed by atoms with E-state index in [1.807, 2.05) is 23.9 Å². The first-order chi connectivity index (χ1) is 11.6. The Labute approximate surface area is 144 Å². The van der Waals surface area contributed by atoms with E-state index >= 15 is 0 Å². The number of aromatic nitrogens is 2. The van der Waals surface area contributed by atoms with Crippen LogP contribution in [0.25, 0.3) is 0 Å². The third kappa shape index (κ3) is 3.69. The molecule has 1 amide bonds.